The molecule has 3 aromatic rings. The van der Waals surface area contributed by atoms with Gasteiger partial charge in [-0.05, 0) is 80.0 Å². The van der Waals surface area contributed by atoms with Crippen LogP contribution in [0.3, 0.4) is 0 Å². The van der Waals surface area contributed by atoms with E-state index in [-0.39, 0.29) is 11.9 Å². The molecular formula is C26H29NO. The van der Waals surface area contributed by atoms with Gasteiger partial charge >= 0.3 is 0 Å². The van der Waals surface area contributed by atoms with Crippen LogP contribution in [0.15, 0.2) is 66.7 Å². The van der Waals surface area contributed by atoms with Crippen molar-refractivity contribution in [2.75, 3.05) is 0 Å². The molecule has 0 fully saturated rings. The molecule has 0 saturated carbocycles. The number of hydrogen-bond acceptors (Lipinski definition) is 1. The molecule has 1 unspecified atom stereocenters. The molecule has 0 aliphatic carbocycles. The SMILES string of the molecule is Cc1cc(C)c(C(C)NC(=O)c2ccccc2CCc2ccccc2)cc1C. The third kappa shape index (κ3) is 4.69. The van der Waals surface area contributed by atoms with E-state index >= 15 is 0 Å². The van der Waals surface area contributed by atoms with Crippen LogP contribution in [0, 0.1) is 20.8 Å². The van der Waals surface area contributed by atoms with Crippen molar-refractivity contribution in [3.05, 3.63) is 106 Å². The molecule has 0 aromatic heterocycles. The molecule has 2 nitrogen and oxygen atoms in total. The molecule has 3 rings (SSSR count). The van der Waals surface area contributed by atoms with Crippen molar-refractivity contribution < 1.29 is 4.79 Å². The Kier molecular flexibility index (Phi) is 6.30. The zero-order valence-corrected chi connectivity index (χ0v) is 17.3. The smallest absolute Gasteiger partial charge is 0.252 e. The average molecular weight is 372 g/mol. The Hall–Kier alpha value is -2.87. The second kappa shape index (κ2) is 8.88. The van der Waals surface area contributed by atoms with E-state index in [1.165, 1.54) is 27.8 Å². The van der Waals surface area contributed by atoms with Gasteiger partial charge in [0.05, 0.1) is 6.04 Å². The molecule has 0 aliphatic rings. The molecule has 144 valence electrons. The summed E-state index contributed by atoms with van der Waals surface area (Å²) in [6.07, 6.45) is 1.78. The van der Waals surface area contributed by atoms with E-state index in [0.717, 1.165) is 24.0 Å². The lowest BCUT2D eigenvalue weighted by atomic mass is 9.95. The largest absolute Gasteiger partial charge is 0.345 e. The van der Waals surface area contributed by atoms with Gasteiger partial charge in [-0.15, -0.1) is 0 Å². The summed E-state index contributed by atoms with van der Waals surface area (Å²) in [4.78, 5) is 13.0. The zero-order valence-electron chi connectivity index (χ0n) is 17.3. The predicted molar refractivity (Wildman–Crippen MR) is 117 cm³/mol. The number of carbonyl (C=O) groups is 1. The average Bonchev–Trinajstić information content (AvgIpc) is 2.70. The first-order valence-corrected chi connectivity index (χ1v) is 9.96. The van der Waals surface area contributed by atoms with Gasteiger partial charge in [0, 0.05) is 5.56 Å². The lowest BCUT2D eigenvalue weighted by Crippen LogP contribution is -2.28. The Bertz CT molecular complexity index is 959. The number of aryl methyl sites for hydroxylation is 5. The maximum atomic E-state index is 13.0. The van der Waals surface area contributed by atoms with E-state index in [2.05, 4.69) is 75.5 Å². The van der Waals surface area contributed by atoms with Gasteiger partial charge in [-0.2, -0.15) is 0 Å². The number of amides is 1. The second-order valence-corrected chi connectivity index (χ2v) is 7.63. The minimum absolute atomic E-state index is 0.00575. The molecule has 0 bridgehead atoms. The van der Waals surface area contributed by atoms with Crippen molar-refractivity contribution in [1.82, 2.24) is 5.32 Å². The predicted octanol–water partition coefficient (Wildman–Crippen LogP) is 5.89. The van der Waals surface area contributed by atoms with Gasteiger partial charge < -0.3 is 5.32 Å². The normalized spacial score (nSPS) is 11.9. The van der Waals surface area contributed by atoms with E-state index in [4.69, 9.17) is 0 Å². The highest BCUT2D eigenvalue weighted by molar-refractivity contribution is 5.96. The van der Waals surface area contributed by atoms with Gasteiger partial charge in [0.25, 0.3) is 5.91 Å². The molecule has 0 heterocycles. The topological polar surface area (TPSA) is 29.1 Å². The summed E-state index contributed by atoms with van der Waals surface area (Å²) < 4.78 is 0. The molecule has 1 N–H and O–H groups in total. The van der Waals surface area contributed by atoms with Crippen LogP contribution in [0.4, 0.5) is 0 Å². The first-order chi connectivity index (χ1) is 13.5. The monoisotopic (exact) mass is 371 g/mol. The van der Waals surface area contributed by atoms with E-state index in [0.29, 0.717) is 0 Å². The van der Waals surface area contributed by atoms with Crippen molar-refractivity contribution in [2.24, 2.45) is 0 Å². The Morgan fingerprint density at radius 1 is 0.821 bits per heavy atom. The molecule has 0 radical (unpaired) electrons. The van der Waals surface area contributed by atoms with Gasteiger partial charge in [0.2, 0.25) is 0 Å². The molecule has 0 spiro atoms. The van der Waals surface area contributed by atoms with Crippen LogP contribution in [0.25, 0.3) is 0 Å². The zero-order chi connectivity index (χ0) is 20.1. The van der Waals surface area contributed by atoms with Gasteiger partial charge in [0.1, 0.15) is 0 Å². The summed E-state index contributed by atoms with van der Waals surface area (Å²) in [5.41, 5.74) is 8.08. The third-order valence-corrected chi connectivity index (χ3v) is 5.48. The number of benzene rings is 3. The lowest BCUT2D eigenvalue weighted by Gasteiger charge is -2.19. The van der Waals surface area contributed by atoms with Gasteiger partial charge in [0.15, 0.2) is 0 Å². The van der Waals surface area contributed by atoms with Crippen LogP contribution in [0.1, 0.15) is 56.7 Å². The summed E-state index contributed by atoms with van der Waals surface area (Å²) >= 11 is 0. The van der Waals surface area contributed by atoms with E-state index < -0.39 is 0 Å². The fourth-order valence-corrected chi connectivity index (χ4v) is 3.69. The van der Waals surface area contributed by atoms with Crippen LogP contribution >= 0.6 is 0 Å². The van der Waals surface area contributed by atoms with Gasteiger partial charge in [-0.3, -0.25) is 4.79 Å². The van der Waals surface area contributed by atoms with Crippen molar-refractivity contribution in [3.63, 3.8) is 0 Å². The van der Waals surface area contributed by atoms with Crippen LogP contribution in [-0.2, 0) is 12.8 Å². The number of rotatable bonds is 6. The molecule has 0 aliphatic heterocycles. The molecule has 2 heteroatoms. The maximum Gasteiger partial charge on any atom is 0.252 e. The van der Waals surface area contributed by atoms with Crippen LogP contribution in [-0.4, -0.2) is 5.91 Å². The standard InChI is InChI=1S/C26H29NO/c1-18-16-20(3)25(17-19(18)2)21(4)27-26(28)24-13-9-8-12-23(24)15-14-22-10-6-5-7-11-22/h5-13,16-17,21H,14-15H2,1-4H3,(H,27,28). The summed E-state index contributed by atoms with van der Waals surface area (Å²) in [6.45, 7) is 8.41. The molecule has 1 atom stereocenters. The van der Waals surface area contributed by atoms with E-state index in [9.17, 15) is 4.79 Å². The van der Waals surface area contributed by atoms with Crippen molar-refractivity contribution in [1.29, 1.82) is 0 Å². The van der Waals surface area contributed by atoms with Crippen LogP contribution in [0.5, 0.6) is 0 Å². The summed E-state index contributed by atoms with van der Waals surface area (Å²) in [7, 11) is 0. The van der Waals surface area contributed by atoms with Crippen molar-refractivity contribution in [2.45, 2.75) is 46.6 Å². The van der Waals surface area contributed by atoms with Crippen LogP contribution in [0.2, 0.25) is 0 Å². The Labute approximate surface area is 168 Å². The Morgan fingerprint density at radius 3 is 2.21 bits per heavy atom. The molecule has 28 heavy (non-hydrogen) atoms. The molecule has 3 aromatic carbocycles. The lowest BCUT2D eigenvalue weighted by molar-refractivity contribution is 0.0939. The summed E-state index contributed by atoms with van der Waals surface area (Å²) in [5, 5.41) is 3.20. The first kappa shape index (κ1) is 19.9. The fraction of sp³-hybridized carbons (Fsp3) is 0.269. The van der Waals surface area contributed by atoms with E-state index in [1.807, 2.05) is 24.3 Å². The second-order valence-electron chi connectivity index (χ2n) is 7.63. The summed E-state index contributed by atoms with van der Waals surface area (Å²) in [6, 6.07) is 22.7. The van der Waals surface area contributed by atoms with Crippen molar-refractivity contribution in [3.8, 4) is 0 Å². The first-order valence-electron chi connectivity index (χ1n) is 9.96. The Balaban J connectivity index is 1.75. The minimum atomic E-state index is -0.0334. The molecule has 0 saturated heterocycles. The quantitative estimate of drug-likeness (QED) is 0.575. The molecule has 1 amide bonds. The van der Waals surface area contributed by atoms with Gasteiger partial charge in [-0.25, -0.2) is 0 Å². The Morgan fingerprint density at radius 2 is 1.46 bits per heavy atom. The van der Waals surface area contributed by atoms with Crippen LogP contribution < -0.4 is 5.32 Å². The van der Waals surface area contributed by atoms with Crippen molar-refractivity contribution >= 4 is 5.91 Å². The highest BCUT2D eigenvalue weighted by Crippen LogP contribution is 2.22. The summed E-state index contributed by atoms with van der Waals surface area (Å²) in [5.74, 6) is -0.00575. The highest BCUT2D eigenvalue weighted by Gasteiger charge is 2.16. The number of nitrogens with one attached hydrogen (secondary N) is 1. The minimum Gasteiger partial charge on any atom is -0.345 e. The number of carbonyl (C=O) groups excluding carboxylic acids is 1. The number of hydrogen-bond donors (Lipinski definition) is 1. The third-order valence-electron chi connectivity index (χ3n) is 5.48. The fourth-order valence-electron chi connectivity index (χ4n) is 3.69. The molecular weight excluding hydrogens is 342 g/mol. The van der Waals surface area contributed by atoms with Gasteiger partial charge in [-0.1, -0.05) is 60.7 Å². The van der Waals surface area contributed by atoms with E-state index in [1.54, 1.807) is 0 Å². The highest BCUT2D eigenvalue weighted by atomic mass is 16.1. The maximum absolute atomic E-state index is 13.0.